The van der Waals surface area contributed by atoms with Gasteiger partial charge in [0.05, 0.1) is 26.5 Å². The molecule has 0 atom stereocenters. The maximum absolute atomic E-state index is 12.5. The Kier molecular flexibility index (Phi) is 8.31. The van der Waals surface area contributed by atoms with E-state index in [0.29, 0.717) is 23.5 Å². The zero-order valence-electron chi connectivity index (χ0n) is 20.1. The largest absolute Gasteiger partial charge is 0.493 e. The molecule has 0 fully saturated rings. The number of amides is 2. The van der Waals surface area contributed by atoms with Crippen LogP contribution >= 0.6 is 11.3 Å². The lowest BCUT2D eigenvalue weighted by Gasteiger charge is -2.10. The quantitative estimate of drug-likeness (QED) is 0.241. The smallest absolute Gasteiger partial charge is 0.259 e. The van der Waals surface area contributed by atoms with Crippen molar-refractivity contribution in [2.45, 2.75) is 12.8 Å². The third-order valence-electron chi connectivity index (χ3n) is 5.66. The summed E-state index contributed by atoms with van der Waals surface area (Å²) in [6.45, 7) is -0.215. The lowest BCUT2D eigenvalue weighted by atomic mass is 10.0. The number of benzene rings is 3. The fourth-order valence-electron chi connectivity index (χ4n) is 3.77. The van der Waals surface area contributed by atoms with Gasteiger partial charge >= 0.3 is 0 Å². The number of aryl methyl sites for hydroxylation is 1. The highest BCUT2D eigenvalue weighted by Gasteiger charge is 2.14. The molecule has 3 aromatic carbocycles. The van der Waals surface area contributed by atoms with Gasteiger partial charge in [0, 0.05) is 26.6 Å². The van der Waals surface area contributed by atoms with Crippen molar-refractivity contribution in [3.63, 3.8) is 0 Å². The number of nitrogens with one attached hydrogen (secondary N) is 2. The molecule has 4 rings (SSSR count). The van der Waals surface area contributed by atoms with Gasteiger partial charge in [-0.05, 0) is 42.7 Å². The zero-order chi connectivity index (χ0) is 25.3. The lowest BCUT2D eigenvalue weighted by Crippen LogP contribution is -2.35. The molecule has 36 heavy (non-hydrogen) atoms. The normalized spacial score (nSPS) is 11.2. The molecule has 0 saturated carbocycles. The summed E-state index contributed by atoms with van der Waals surface area (Å²) >= 11 is 1.65. The summed E-state index contributed by atoms with van der Waals surface area (Å²) in [5.74, 6) is 0.138. The van der Waals surface area contributed by atoms with E-state index in [1.54, 1.807) is 29.5 Å². The summed E-state index contributed by atoms with van der Waals surface area (Å²) in [6.07, 6.45) is 1.44. The molecule has 0 unspecified atom stereocenters. The Balaban J connectivity index is 1.44. The number of hydrazone groups is 1. The van der Waals surface area contributed by atoms with Crippen LogP contribution in [0.1, 0.15) is 27.9 Å². The van der Waals surface area contributed by atoms with Crippen molar-refractivity contribution < 1.29 is 19.1 Å². The molecular weight excluding hydrogens is 474 g/mol. The molecule has 0 radical (unpaired) electrons. The molecule has 7 nitrogen and oxygen atoms in total. The fraction of sp³-hybridized carbons (Fsp3) is 0.179. The second-order valence-electron chi connectivity index (χ2n) is 7.98. The van der Waals surface area contributed by atoms with Crippen LogP contribution in [-0.2, 0) is 11.2 Å². The van der Waals surface area contributed by atoms with E-state index >= 15 is 0 Å². The van der Waals surface area contributed by atoms with Crippen LogP contribution in [0.3, 0.4) is 0 Å². The Morgan fingerprint density at radius 2 is 1.67 bits per heavy atom. The molecule has 0 aliphatic carbocycles. The Hall–Kier alpha value is -4.17. The van der Waals surface area contributed by atoms with Gasteiger partial charge in [0.1, 0.15) is 0 Å². The Bertz CT molecular complexity index is 1380. The number of rotatable bonds is 10. The van der Waals surface area contributed by atoms with Crippen molar-refractivity contribution in [3.8, 4) is 11.5 Å². The predicted molar refractivity (Wildman–Crippen MR) is 143 cm³/mol. The minimum absolute atomic E-state index is 0.215. The van der Waals surface area contributed by atoms with E-state index < -0.39 is 11.8 Å². The van der Waals surface area contributed by atoms with Crippen LogP contribution in [0.25, 0.3) is 10.1 Å². The highest BCUT2D eigenvalue weighted by molar-refractivity contribution is 7.17. The van der Waals surface area contributed by atoms with Crippen molar-refractivity contribution >= 4 is 38.9 Å². The van der Waals surface area contributed by atoms with Gasteiger partial charge in [0.2, 0.25) is 0 Å². The summed E-state index contributed by atoms with van der Waals surface area (Å²) in [7, 11) is 3.02. The van der Waals surface area contributed by atoms with E-state index in [1.165, 1.54) is 19.8 Å². The molecule has 0 saturated heterocycles. The van der Waals surface area contributed by atoms with E-state index in [4.69, 9.17) is 9.47 Å². The van der Waals surface area contributed by atoms with Gasteiger partial charge in [-0.1, -0.05) is 48.5 Å². The van der Waals surface area contributed by atoms with Crippen LogP contribution in [0.2, 0.25) is 0 Å². The van der Waals surface area contributed by atoms with Gasteiger partial charge in [0.25, 0.3) is 11.8 Å². The van der Waals surface area contributed by atoms with Crippen LogP contribution in [0.4, 0.5) is 0 Å². The summed E-state index contributed by atoms with van der Waals surface area (Å²) < 4.78 is 11.6. The minimum atomic E-state index is -0.416. The summed E-state index contributed by atoms with van der Waals surface area (Å²) in [5.41, 5.74) is 5.95. The first-order valence-electron chi connectivity index (χ1n) is 11.4. The molecule has 2 N–H and O–H groups in total. The number of methoxy groups -OCH3 is 2. The van der Waals surface area contributed by atoms with E-state index in [9.17, 15) is 9.59 Å². The molecule has 2 amide bonds. The van der Waals surface area contributed by atoms with E-state index in [1.807, 2.05) is 30.3 Å². The first-order chi connectivity index (χ1) is 17.6. The second-order valence-corrected chi connectivity index (χ2v) is 8.89. The molecule has 184 valence electrons. The number of carbonyl (C=O) groups is 2. The summed E-state index contributed by atoms with van der Waals surface area (Å²) in [5, 5.41) is 10.3. The van der Waals surface area contributed by atoms with Gasteiger partial charge in [-0.15, -0.1) is 11.3 Å². The molecule has 0 bridgehead atoms. The number of hydrogen-bond donors (Lipinski definition) is 2. The zero-order valence-corrected chi connectivity index (χ0v) is 20.9. The van der Waals surface area contributed by atoms with Crippen molar-refractivity contribution in [2.24, 2.45) is 5.10 Å². The first-order valence-corrected chi connectivity index (χ1v) is 12.3. The standard InChI is InChI=1S/C28H27N3O4S/c1-34-24-15-13-20(16-25(24)35-2)28(33)29-17-27(32)31-30-23(14-12-19-8-4-3-5-9-19)22-18-36-26-11-7-6-10-21(22)26/h3-11,13,15-16,18H,12,14,17H2,1-2H3,(H,29,33)(H,31,32). The van der Waals surface area contributed by atoms with Crippen LogP contribution in [0, 0.1) is 0 Å². The maximum Gasteiger partial charge on any atom is 0.259 e. The van der Waals surface area contributed by atoms with Gasteiger partial charge < -0.3 is 14.8 Å². The van der Waals surface area contributed by atoms with Gasteiger partial charge in [-0.25, -0.2) is 5.43 Å². The van der Waals surface area contributed by atoms with Crippen molar-refractivity contribution in [1.29, 1.82) is 0 Å². The third-order valence-corrected chi connectivity index (χ3v) is 6.62. The number of nitrogens with zero attached hydrogens (tertiary/aromatic N) is 1. The molecule has 1 aromatic heterocycles. The summed E-state index contributed by atoms with van der Waals surface area (Å²) in [6, 6.07) is 23.1. The average Bonchev–Trinajstić information content (AvgIpc) is 3.36. The summed E-state index contributed by atoms with van der Waals surface area (Å²) in [4.78, 5) is 25.1. The number of ether oxygens (including phenoxy) is 2. The molecule has 0 aliphatic rings. The Labute approximate surface area is 213 Å². The van der Waals surface area contributed by atoms with Crippen molar-refractivity contribution in [1.82, 2.24) is 10.7 Å². The molecule has 4 aromatic rings. The van der Waals surface area contributed by atoms with Gasteiger partial charge in [-0.3, -0.25) is 9.59 Å². The van der Waals surface area contributed by atoms with E-state index in [0.717, 1.165) is 27.8 Å². The Morgan fingerprint density at radius 3 is 2.44 bits per heavy atom. The number of thiophene rings is 1. The van der Waals surface area contributed by atoms with Crippen molar-refractivity contribution in [3.05, 3.63) is 94.9 Å². The van der Waals surface area contributed by atoms with Crippen LogP contribution in [0.15, 0.2) is 83.3 Å². The van der Waals surface area contributed by atoms with E-state index in [2.05, 4.69) is 45.5 Å². The predicted octanol–water partition coefficient (Wildman–Crippen LogP) is 4.80. The molecule has 1 heterocycles. The highest BCUT2D eigenvalue weighted by atomic mass is 32.1. The minimum Gasteiger partial charge on any atom is -0.493 e. The van der Waals surface area contributed by atoms with Crippen LogP contribution in [-0.4, -0.2) is 38.3 Å². The molecular formula is C28H27N3O4S. The number of hydrogen-bond acceptors (Lipinski definition) is 6. The SMILES string of the molecule is COc1ccc(C(=O)NCC(=O)NN=C(CCc2ccccc2)c2csc3ccccc23)cc1OC. The van der Waals surface area contributed by atoms with Gasteiger partial charge in [-0.2, -0.15) is 5.10 Å². The van der Waals surface area contributed by atoms with Crippen LogP contribution < -0.4 is 20.2 Å². The molecule has 0 aliphatic heterocycles. The fourth-order valence-corrected chi connectivity index (χ4v) is 4.74. The second kappa shape index (κ2) is 12.0. The number of carbonyl (C=O) groups excluding carboxylic acids is 2. The first kappa shape index (κ1) is 24.9. The average molecular weight is 502 g/mol. The number of fused-ring (bicyclic) bond motifs is 1. The van der Waals surface area contributed by atoms with Crippen molar-refractivity contribution in [2.75, 3.05) is 20.8 Å². The van der Waals surface area contributed by atoms with Crippen LogP contribution in [0.5, 0.6) is 11.5 Å². The lowest BCUT2D eigenvalue weighted by molar-refractivity contribution is -0.120. The monoisotopic (exact) mass is 501 g/mol. The van der Waals surface area contributed by atoms with Gasteiger partial charge in [0.15, 0.2) is 11.5 Å². The third kappa shape index (κ3) is 6.09. The highest BCUT2D eigenvalue weighted by Crippen LogP contribution is 2.28. The topological polar surface area (TPSA) is 89.0 Å². The maximum atomic E-state index is 12.5. The molecule has 0 spiro atoms. The molecule has 8 heteroatoms. The Morgan fingerprint density at radius 1 is 0.917 bits per heavy atom. The van der Waals surface area contributed by atoms with E-state index in [-0.39, 0.29) is 6.54 Å².